The zero-order valence-electron chi connectivity index (χ0n) is 10.0. The number of aromatic nitrogens is 3. The molecule has 0 bridgehead atoms. The second-order valence-electron chi connectivity index (χ2n) is 3.92. The van der Waals surface area contributed by atoms with Crippen molar-refractivity contribution in [1.82, 2.24) is 15.0 Å². The van der Waals surface area contributed by atoms with Crippen molar-refractivity contribution in [3.05, 3.63) is 40.1 Å². The van der Waals surface area contributed by atoms with Gasteiger partial charge < -0.3 is 10.3 Å². The van der Waals surface area contributed by atoms with Gasteiger partial charge in [0.1, 0.15) is 10.5 Å². The van der Waals surface area contributed by atoms with Crippen molar-refractivity contribution in [2.45, 2.75) is 20.8 Å². The van der Waals surface area contributed by atoms with Crippen LogP contribution in [0.1, 0.15) is 17.0 Å². The number of aryl methyl sites for hydroxylation is 2. The molecule has 0 fully saturated rings. The Kier molecular flexibility index (Phi) is 3.19. The van der Waals surface area contributed by atoms with Crippen LogP contribution in [-0.2, 0) is 0 Å². The summed E-state index contributed by atoms with van der Waals surface area (Å²) in [6, 6.07) is 3.98. The molecule has 0 radical (unpaired) electrons. The summed E-state index contributed by atoms with van der Waals surface area (Å²) in [6.07, 6.45) is 1.59. The summed E-state index contributed by atoms with van der Waals surface area (Å²) in [6.45, 7) is 5.88. The first kappa shape index (κ1) is 11.7. The van der Waals surface area contributed by atoms with Crippen LogP contribution in [0.4, 0.5) is 11.5 Å². The number of hydrogen-bond donors (Lipinski definition) is 2. The molecule has 2 N–H and O–H groups in total. The number of nitrogens with zero attached hydrogens (tertiary/aromatic N) is 2. The summed E-state index contributed by atoms with van der Waals surface area (Å²) in [5.74, 6) is 0.860. The predicted molar refractivity (Wildman–Crippen MR) is 71.2 cm³/mol. The summed E-state index contributed by atoms with van der Waals surface area (Å²) in [7, 11) is 0. The van der Waals surface area contributed by atoms with Crippen molar-refractivity contribution < 1.29 is 0 Å². The Morgan fingerprint density at radius 3 is 2.71 bits per heavy atom. The number of H-pyrrole nitrogens is 1. The lowest BCUT2D eigenvalue weighted by molar-refractivity contribution is 1.09. The molecule has 0 spiro atoms. The van der Waals surface area contributed by atoms with Gasteiger partial charge in [-0.1, -0.05) is 12.2 Å². The molecule has 5 heteroatoms. The number of anilines is 2. The van der Waals surface area contributed by atoms with Crippen molar-refractivity contribution in [2.24, 2.45) is 0 Å². The van der Waals surface area contributed by atoms with Gasteiger partial charge in [-0.15, -0.1) is 0 Å². The molecule has 2 rings (SSSR count). The maximum Gasteiger partial charge on any atom is 0.134 e. The Hall–Kier alpha value is -1.75. The van der Waals surface area contributed by atoms with E-state index in [-0.39, 0.29) is 0 Å². The minimum absolute atomic E-state index is 0.601. The highest BCUT2D eigenvalue weighted by Gasteiger charge is 2.04. The van der Waals surface area contributed by atoms with Crippen molar-refractivity contribution in [2.75, 3.05) is 5.32 Å². The quantitative estimate of drug-likeness (QED) is 0.799. The van der Waals surface area contributed by atoms with Gasteiger partial charge in [-0.05, 0) is 32.9 Å². The monoisotopic (exact) mass is 246 g/mol. The molecule has 0 aliphatic heterocycles. The summed E-state index contributed by atoms with van der Waals surface area (Å²) in [5.41, 5.74) is 3.87. The van der Waals surface area contributed by atoms with Gasteiger partial charge in [0.25, 0.3) is 0 Å². The van der Waals surface area contributed by atoms with Crippen LogP contribution in [0.2, 0.25) is 0 Å². The van der Waals surface area contributed by atoms with Gasteiger partial charge in [-0.2, -0.15) is 0 Å². The lowest BCUT2D eigenvalue weighted by Gasteiger charge is -2.11. The van der Waals surface area contributed by atoms with E-state index in [0.29, 0.717) is 4.64 Å². The first-order chi connectivity index (χ1) is 8.08. The Morgan fingerprint density at radius 1 is 1.24 bits per heavy atom. The van der Waals surface area contributed by atoms with E-state index in [1.54, 1.807) is 6.33 Å². The highest BCUT2D eigenvalue weighted by Crippen LogP contribution is 2.20. The molecule has 2 aromatic rings. The van der Waals surface area contributed by atoms with Gasteiger partial charge in [0, 0.05) is 11.3 Å². The highest BCUT2D eigenvalue weighted by atomic mass is 32.1. The molecule has 4 nitrogen and oxygen atoms in total. The molecule has 2 heterocycles. The van der Waals surface area contributed by atoms with Crippen LogP contribution in [0.15, 0.2) is 18.5 Å². The third-order valence-electron chi connectivity index (χ3n) is 2.57. The fourth-order valence-corrected chi connectivity index (χ4v) is 1.71. The van der Waals surface area contributed by atoms with Crippen LogP contribution < -0.4 is 5.32 Å². The zero-order valence-corrected chi connectivity index (χ0v) is 10.9. The van der Waals surface area contributed by atoms with Crippen LogP contribution in [0.5, 0.6) is 0 Å². The summed E-state index contributed by atoms with van der Waals surface area (Å²) in [4.78, 5) is 11.5. The molecular weight excluding hydrogens is 232 g/mol. The summed E-state index contributed by atoms with van der Waals surface area (Å²) in [5, 5.41) is 3.28. The predicted octanol–water partition coefficient (Wildman–Crippen LogP) is 3.20. The molecule has 0 aromatic carbocycles. The minimum atomic E-state index is 0.601. The fourth-order valence-electron chi connectivity index (χ4n) is 1.55. The van der Waals surface area contributed by atoms with Gasteiger partial charge in [-0.3, -0.25) is 4.98 Å². The third-order valence-corrected chi connectivity index (χ3v) is 2.98. The van der Waals surface area contributed by atoms with Crippen molar-refractivity contribution >= 4 is 23.7 Å². The van der Waals surface area contributed by atoms with E-state index in [4.69, 9.17) is 12.2 Å². The average molecular weight is 246 g/mol. The number of pyridine rings is 1. The van der Waals surface area contributed by atoms with E-state index in [2.05, 4.69) is 20.3 Å². The smallest absolute Gasteiger partial charge is 0.134 e. The van der Waals surface area contributed by atoms with E-state index in [1.807, 2.05) is 32.9 Å². The van der Waals surface area contributed by atoms with E-state index in [1.165, 1.54) is 0 Å². The lowest BCUT2D eigenvalue weighted by Crippen LogP contribution is -2.01. The zero-order chi connectivity index (χ0) is 12.4. The topological polar surface area (TPSA) is 53.6 Å². The van der Waals surface area contributed by atoms with Crippen LogP contribution in [0, 0.1) is 25.4 Å². The Balaban J connectivity index is 2.38. The van der Waals surface area contributed by atoms with E-state index in [0.717, 1.165) is 28.5 Å². The molecule has 2 aromatic heterocycles. The van der Waals surface area contributed by atoms with Crippen LogP contribution in [-0.4, -0.2) is 15.0 Å². The van der Waals surface area contributed by atoms with Crippen LogP contribution in [0.3, 0.4) is 0 Å². The SMILES string of the molecule is Cc1ccc(Nc2[nH]cnc(=S)c2C)c(C)n1. The van der Waals surface area contributed by atoms with Gasteiger partial charge in [-0.25, -0.2) is 4.98 Å². The number of hydrogen-bond acceptors (Lipinski definition) is 4. The van der Waals surface area contributed by atoms with Crippen molar-refractivity contribution in [3.63, 3.8) is 0 Å². The number of nitrogens with one attached hydrogen (secondary N) is 2. The minimum Gasteiger partial charge on any atom is -0.340 e. The number of rotatable bonds is 2. The first-order valence-electron chi connectivity index (χ1n) is 5.33. The standard InChI is InChI=1S/C12H14N4S/c1-7-4-5-10(9(3)15-7)16-11-8(2)12(17)14-6-13-11/h4-6H,1-3H3,(H2,13,14,16,17). The number of aromatic amines is 1. The molecule has 0 amide bonds. The molecule has 0 saturated heterocycles. The van der Waals surface area contributed by atoms with Crippen LogP contribution >= 0.6 is 12.2 Å². The van der Waals surface area contributed by atoms with Gasteiger partial charge in [0.2, 0.25) is 0 Å². The average Bonchev–Trinajstić information content (AvgIpc) is 2.28. The second kappa shape index (κ2) is 4.63. The molecule has 17 heavy (non-hydrogen) atoms. The third kappa shape index (κ3) is 2.50. The van der Waals surface area contributed by atoms with Crippen LogP contribution in [0.25, 0.3) is 0 Å². The van der Waals surface area contributed by atoms with Crippen molar-refractivity contribution in [3.8, 4) is 0 Å². The van der Waals surface area contributed by atoms with E-state index >= 15 is 0 Å². The van der Waals surface area contributed by atoms with Gasteiger partial charge >= 0.3 is 0 Å². The lowest BCUT2D eigenvalue weighted by atomic mass is 10.2. The van der Waals surface area contributed by atoms with Crippen molar-refractivity contribution in [1.29, 1.82) is 0 Å². The summed E-state index contributed by atoms with van der Waals surface area (Å²) >= 11 is 5.12. The Labute approximate surface area is 105 Å². The van der Waals surface area contributed by atoms with Gasteiger partial charge in [0.05, 0.1) is 17.7 Å². The maximum absolute atomic E-state index is 5.12. The van der Waals surface area contributed by atoms with E-state index in [9.17, 15) is 0 Å². The fraction of sp³-hybridized carbons (Fsp3) is 0.250. The molecule has 0 unspecified atom stereocenters. The molecule has 0 aliphatic rings. The second-order valence-corrected chi connectivity index (χ2v) is 4.30. The Morgan fingerprint density at radius 2 is 2.00 bits per heavy atom. The molecule has 88 valence electrons. The largest absolute Gasteiger partial charge is 0.340 e. The molecule has 0 saturated carbocycles. The Bertz CT molecular complexity index is 604. The maximum atomic E-state index is 5.12. The first-order valence-corrected chi connectivity index (χ1v) is 5.74. The molecule has 0 aliphatic carbocycles. The molecular formula is C12H14N4S. The van der Waals surface area contributed by atoms with Gasteiger partial charge in [0.15, 0.2) is 0 Å². The molecule has 0 atom stereocenters. The summed E-state index contributed by atoms with van der Waals surface area (Å²) < 4.78 is 0.601. The normalized spacial score (nSPS) is 10.3. The van der Waals surface area contributed by atoms with E-state index < -0.39 is 0 Å². The highest BCUT2D eigenvalue weighted by molar-refractivity contribution is 7.71.